The highest BCUT2D eigenvalue weighted by atomic mass is 32.1. The molecule has 3 aromatic rings. The van der Waals surface area contributed by atoms with Crippen molar-refractivity contribution in [1.29, 1.82) is 0 Å². The largest absolute Gasteiger partial charge is 0.494 e. The SMILES string of the molecule is COc1cc2c(cc1F)[nH]c(=S)n2-c1ccc(F)cc1. The Balaban J connectivity index is 2.32. The number of ether oxygens (including phenoxy) is 1. The minimum Gasteiger partial charge on any atom is -0.494 e. The Bertz CT molecular complexity index is 837. The van der Waals surface area contributed by atoms with Crippen molar-refractivity contribution in [1.82, 2.24) is 9.55 Å². The summed E-state index contributed by atoms with van der Waals surface area (Å²) in [5.41, 5.74) is 1.91. The molecule has 6 heteroatoms. The number of methoxy groups -OCH3 is 1. The Morgan fingerprint density at radius 3 is 2.50 bits per heavy atom. The number of H-pyrrole nitrogens is 1. The smallest absolute Gasteiger partial charge is 0.182 e. The number of hydrogen-bond acceptors (Lipinski definition) is 2. The van der Waals surface area contributed by atoms with Crippen LogP contribution in [0.5, 0.6) is 5.75 Å². The highest BCUT2D eigenvalue weighted by Crippen LogP contribution is 2.26. The summed E-state index contributed by atoms with van der Waals surface area (Å²) in [6.45, 7) is 0. The Labute approximate surface area is 118 Å². The zero-order valence-corrected chi connectivity index (χ0v) is 11.3. The Morgan fingerprint density at radius 2 is 1.85 bits per heavy atom. The molecule has 0 radical (unpaired) electrons. The van der Waals surface area contributed by atoms with E-state index in [2.05, 4.69) is 4.98 Å². The molecule has 0 amide bonds. The summed E-state index contributed by atoms with van der Waals surface area (Å²) in [5.74, 6) is -0.673. The predicted molar refractivity (Wildman–Crippen MR) is 74.9 cm³/mol. The van der Waals surface area contributed by atoms with Gasteiger partial charge in [0.15, 0.2) is 16.3 Å². The first-order valence-corrected chi connectivity index (χ1v) is 6.25. The second-order valence-electron chi connectivity index (χ2n) is 4.25. The first-order chi connectivity index (χ1) is 9.60. The average molecular weight is 292 g/mol. The van der Waals surface area contributed by atoms with Crippen LogP contribution in [0.15, 0.2) is 36.4 Å². The van der Waals surface area contributed by atoms with Crippen molar-refractivity contribution in [2.75, 3.05) is 7.11 Å². The molecule has 0 fully saturated rings. The molecule has 20 heavy (non-hydrogen) atoms. The lowest BCUT2D eigenvalue weighted by atomic mass is 10.2. The van der Waals surface area contributed by atoms with Gasteiger partial charge in [0.2, 0.25) is 0 Å². The van der Waals surface area contributed by atoms with Gasteiger partial charge in [-0.3, -0.25) is 4.57 Å². The highest BCUT2D eigenvalue weighted by Gasteiger charge is 2.11. The molecule has 1 heterocycles. The molecule has 102 valence electrons. The van der Waals surface area contributed by atoms with Gasteiger partial charge in [-0.2, -0.15) is 0 Å². The zero-order chi connectivity index (χ0) is 14.3. The molecular formula is C14H10F2N2OS. The van der Waals surface area contributed by atoms with Crippen molar-refractivity contribution in [2.24, 2.45) is 0 Å². The van der Waals surface area contributed by atoms with Crippen molar-refractivity contribution in [3.05, 3.63) is 52.8 Å². The average Bonchev–Trinajstić information content (AvgIpc) is 2.74. The third kappa shape index (κ3) is 1.98. The normalized spacial score (nSPS) is 10.9. The number of aromatic nitrogens is 2. The maximum Gasteiger partial charge on any atom is 0.182 e. The van der Waals surface area contributed by atoms with E-state index in [9.17, 15) is 8.78 Å². The minimum absolute atomic E-state index is 0.127. The van der Waals surface area contributed by atoms with Gasteiger partial charge in [0.1, 0.15) is 5.82 Å². The van der Waals surface area contributed by atoms with E-state index < -0.39 is 5.82 Å². The minimum atomic E-state index is -0.470. The van der Waals surface area contributed by atoms with E-state index in [0.717, 1.165) is 0 Å². The molecule has 0 saturated heterocycles. The molecule has 0 spiro atoms. The van der Waals surface area contributed by atoms with Gasteiger partial charge in [-0.15, -0.1) is 0 Å². The number of halogens is 2. The van der Waals surface area contributed by atoms with Crippen LogP contribution < -0.4 is 4.74 Å². The molecule has 0 unspecified atom stereocenters. The van der Waals surface area contributed by atoms with Gasteiger partial charge < -0.3 is 9.72 Å². The molecule has 0 aliphatic heterocycles. The predicted octanol–water partition coefficient (Wildman–Crippen LogP) is 3.97. The van der Waals surface area contributed by atoms with Gasteiger partial charge >= 0.3 is 0 Å². The van der Waals surface area contributed by atoms with Crippen molar-refractivity contribution in [3.63, 3.8) is 0 Å². The molecule has 2 aromatic carbocycles. The van der Waals surface area contributed by atoms with E-state index in [4.69, 9.17) is 17.0 Å². The fourth-order valence-electron chi connectivity index (χ4n) is 2.11. The van der Waals surface area contributed by atoms with Gasteiger partial charge in [0.05, 0.1) is 18.1 Å². The van der Waals surface area contributed by atoms with Crippen molar-refractivity contribution in [2.45, 2.75) is 0 Å². The van der Waals surface area contributed by atoms with E-state index in [-0.39, 0.29) is 11.6 Å². The summed E-state index contributed by atoms with van der Waals surface area (Å²) in [6, 6.07) is 8.78. The lowest BCUT2D eigenvalue weighted by Gasteiger charge is -2.06. The third-order valence-corrected chi connectivity index (χ3v) is 3.33. The molecule has 0 aliphatic carbocycles. The second-order valence-corrected chi connectivity index (χ2v) is 4.63. The zero-order valence-electron chi connectivity index (χ0n) is 10.5. The number of nitrogens with zero attached hydrogens (tertiary/aromatic N) is 1. The lowest BCUT2D eigenvalue weighted by Crippen LogP contribution is -1.95. The molecule has 3 nitrogen and oxygen atoms in total. The van der Waals surface area contributed by atoms with Gasteiger partial charge in [0.25, 0.3) is 0 Å². The number of aromatic amines is 1. The van der Waals surface area contributed by atoms with Crippen molar-refractivity contribution in [3.8, 4) is 11.4 Å². The highest BCUT2D eigenvalue weighted by molar-refractivity contribution is 7.71. The van der Waals surface area contributed by atoms with Crippen LogP contribution in [-0.4, -0.2) is 16.7 Å². The molecule has 1 aromatic heterocycles. The van der Waals surface area contributed by atoms with Crippen LogP contribution in [0, 0.1) is 16.4 Å². The topological polar surface area (TPSA) is 29.9 Å². The number of imidazole rings is 1. The quantitative estimate of drug-likeness (QED) is 0.724. The Kier molecular flexibility index (Phi) is 3.02. The van der Waals surface area contributed by atoms with E-state index in [1.54, 1.807) is 22.8 Å². The van der Waals surface area contributed by atoms with Crippen LogP contribution in [-0.2, 0) is 0 Å². The first kappa shape index (κ1) is 12.8. The summed E-state index contributed by atoms with van der Waals surface area (Å²) in [4.78, 5) is 2.92. The van der Waals surface area contributed by atoms with Crippen molar-refractivity contribution >= 4 is 23.3 Å². The number of hydrogen-bond donors (Lipinski definition) is 1. The molecular weight excluding hydrogens is 282 g/mol. The van der Waals surface area contributed by atoms with Crippen LogP contribution in [0.25, 0.3) is 16.7 Å². The van der Waals surface area contributed by atoms with Crippen LogP contribution in [0.3, 0.4) is 0 Å². The maximum atomic E-state index is 13.7. The number of rotatable bonds is 2. The molecule has 0 atom stereocenters. The van der Waals surface area contributed by atoms with Gasteiger partial charge in [-0.25, -0.2) is 8.78 Å². The van der Waals surface area contributed by atoms with Gasteiger partial charge in [-0.05, 0) is 36.5 Å². The number of benzene rings is 2. The van der Waals surface area contributed by atoms with E-state index in [1.807, 2.05) is 0 Å². The standard InChI is InChI=1S/C14H10F2N2OS/c1-19-13-7-12-11(6-10(13)16)17-14(20)18(12)9-4-2-8(15)3-5-9/h2-7H,1H3,(H,17,20). The fraction of sp³-hybridized carbons (Fsp3) is 0.0714. The van der Waals surface area contributed by atoms with Crippen LogP contribution in [0.2, 0.25) is 0 Å². The molecule has 0 bridgehead atoms. The maximum absolute atomic E-state index is 13.7. The van der Waals surface area contributed by atoms with Crippen LogP contribution >= 0.6 is 12.2 Å². The number of nitrogens with one attached hydrogen (secondary N) is 1. The van der Waals surface area contributed by atoms with E-state index >= 15 is 0 Å². The van der Waals surface area contributed by atoms with E-state index in [1.165, 1.54) is 25.3 Å². The summed E-state index contributed by atoms with van der Waals surface area (Å²) < 4.78 is 33.8. The monoisotopic (exact) mass is 292 g/mol. The Morgan fingerprint density at radius 1 is 1.15 bits per heavy atom. The third-order valence-electron chi connectivity index (χ3n) is 3.04. The number of fused-ring (bicyclic) bond motifs is 1. The molecule has 3 rings (SSSR count). The lowest BCUT2D eigenvalue weighted by molar-refractivity contribution is 0.387. The van der Waals surface area contributed by atoms with Gasteiger partial charge in [-0.1, -0.05) is 0 Å². The summed E-state index contributed by atoms with van der Waals surface area (Å²) >= 11 is 5.24. The second kappa shape index (κ2) is 4.72. The fourth-order valence-corrected chi connectivity index (χ4v) is 2.42. The summed E-state index contributed by atoms with van der Waals surface area (Å²) in [5, 5.41) is 0. The molecule has 0 saturated carbocycles. The molecule has 1 N–H and O–H groups in total. The van der Waals surface area contributed by atoms with E-state index in [0.29, 0.717) is 21.5 Å². The van der Waals surface area contributed by atoms with Crippen LogP contribution in [0.1, 0.15) is 0 Å². The Hall–Kier alpha value is -2.21. The first-order valence-electron chi connectivity index (χ1n) is 5.84. The molecule has 0 aliphatic rings. The summed E-state index contributed by atoms with van der Waals surface area (Å²) in [6.07, 6.45) is 0. The van der Waals surface area contributed by atoms with Gasteiger partial charge in [0, 0.05) is 17.8 Å². The van der Waals surface area contributed by atoms with Crippen molar-refractivity contribution < 1.29 is 13.5 Å². The summed E-state index contributed by atoms with van der Waals surface area (Å²) in [7, 11) is 1.40. The van der Waals surface area contributed by atoms with Crippen LogP contribution in [0.4, 0.5) is 8.78 Å².